The minimum Gasteiger partial charge on any atom is -0.392 e. The Bertz CT molecular complexity index is 921. The number of rotatable bonds is 4. The van der Waals surface area contributed by atoms with Crippen LogP contribution in [0.2, 0.25) is 0 Å². The average molecular weight is 417 g/mol. The van der Waals surface area contributed by atoms with E-state index in [1.807, 2.05) is 18.2 Å². The van der Waals surface area contributed by atoms with E-state index in [-0.39, 0.29) is 24.1 Å². The van der Waals surface area contributed by atoms with Crippen molar-refractivity contribution in [2.24, 2.45) is 5.92 Å². The average Bonchev–Trinajstić information content (AvgIpc) is 2.72. The molecule has 5 nitrogen and oxygen atoms in total. The van der Waals surface area contributed by atoms with Crippen LogP contribution in [0.1, 0.15) is 32.3 Å². The van der Waals surface area contributed by atoms with Crippen LogP contribution < -0.4 is 5.32 Å². The monoisotopic (exact) mass is 416 g/mol. The number of halogens is 1. The van der Waals surface area contributed by atoms with Crippen LogP contribution in [0.15, 0.2) is 39.9 Å². The largest absolute Gasteiger partial charge is 0.392 e. The Hall–Kier alpha value is -2.05. The molecule has 3 rings (SSSR count). The van der Waals surface area contributed by atoms with Crippen molar-refractivity contribution in [1.29, 1.82) is 0 Å². The Kier molecular flexibility index (Phi) is 5.53. The number of nitrogens with zero attached hydrogens (tertiary/aromatic N) is 1. The van der Waals surface area contributed by atoms with Gasteiger partial charge in [0.1, 0.15) is 5.82 Å². The Balaban J connectivity index is 1.83. The number of nitrogens with one attached hydrogen (secondary N) is 1. The van der Waals surface area contributed by atoms with Crippen molar-refractivity contribution in [3.05, 3.63) is 45.4 Å². The highest BCUT2D eigenvalue weighted by atomic mass is 79.9. The molecule has 1 aromatic heterocycles. The summed E-state index contributed by atoms with van der Waals surface area (Å²) < 4.78 is 0.909. The van der Waals surface area contributed by atoms with Gasteiger partial charge in [0.15, 0.2) is 11.6 Å². The Morgan fingerprint density at radius 1 is 1.23 bits per heavy atom. The number of allylic oxidation sites excluding steroid dienone is 2. The van der Waals surface area contributed by atoms with E-state index >= 15 is 0 Å². The van der Waals surface area contributed by atoms with E-state index in [2.05, 4.69) is 26.2 Å². The van der Waals surface area contributed by atoms with Gasteiger partial charge in [-0.05, 0) is 55.2 Å². The lowest BCUT2D eigenvalue weighted by Gasteiger charge is -2.16. The van der Waals surface area contributed by atoms with Crippen molar-refractivity contribution < 1.29 is 14.7 Å². The molecular weight excluding hydrogens is 396 g/mol. The first-order chi connectivity index (χ1) is 12.4. The molecule has 0 bridgehead atoms. The van der Waals surface area contributed by atoms with Gasteiger partial charge in [0.25, 0.3) is 0 Å². The number of hydrogen-bond acceptors (Lipinski definition) is 5. The van der Waals surface area contributed by atoms with Gasteiger partial charge in [-0.1, -0.05) is 22.0 Å². The molecule has 1 aliphatic carbocycles. The van der Waals surface area contributed by atoms with E-state index in [1.165, 1.54) is 0 Å². The number of Topliss-reactive ketones (excluding diaryl/α,β-unsaturated/α-hetero) is 2. The van der Waals surface area contributed by atoms with Gasteiger partial charge in [-0.25, -0.2) is 4.98 Å². The topological polar surface area (TPSA) is 79.3 Å². The summed E-state index contributed by atoms with van der Waals surface area (Å²) in [7, 11) is 0. The van der Waals surface area contributed by atoms with Crippen molar-refractivity contribution in [2.45, 2.75) is 33.3 Å². The first-order valence-electron chi connectivity index (χ1n) is 8.59. The van der Waals surface area contributed by atoms with Crippen LogP contribution in [-0.4, -0.2) is 28.2 Å². The lowest BCUT2D eigenvalue weighted by molar-refractivity contribution is -0.118. The van der Waals surface area contributed by atoms with E-state index in [0.29, 0.717) is 36.4 Å². The number of anilines is 1. The minimum atomic E-state index is -0.256. The van der Waals surface area contributed by atoms with E-state index in [1.54, 1.807) is 19.9 Å². The molecular formula is C20H21BrN2O3. The van der Waals surface area contributed by atoms with Crippen molar-refractivity contribution >= 4 is 44.2 Å². The molecule has 26 heavy (non-hydrogen) atoms. The van der Waals surface area contributed by atoms with Crippen LogP contribution in [-0.2, 0) is 16.2 Å². The summed E-state index contributed by atoms with van der Waals surface area (Å²) in [5.41, 5.74) is 2.68. The number of aliphatic hydroxyl groups excluding tert-OH is 1. The number of ketones is 2. The zero-order valence-electron chi connectivity index (χ0n) is 14.8. The summed E-state index contributed by atoms with van der Waals surface area (Å²) in [6, 6.07) is 7.52. The molecule has 0 spiro atoms. The second-order valence-corrected chi connectivity index (χ2v) is 7.56. The quantitative estimate of drug-likeness (QED) is 0.792. The van der Waals surface area contributed by atoms with Crippen LogP contribution in [0.4, 0.5) is 5.82 Å². The fourth-order valence-electron chi connectivity index (χ4n) is 3.24. The van der Waals surface area contributed by atoms with Gasteiger partial charge in [0, 0.05) is 28.7 Å². The van der Waals surface area contributed by atoms with Crippen molar-refractivity contribution in [1.82, 2.24) is 4.98 Å². The molecule has 6 heteroatoms. The molecule has 2 aromatic rings. The molecule has 0 fully saturated rings. The third kappa shape index (κ3) is 3.71. The molecule has 1 aliphatic rings. The third-order valence-electron chi connectivity index (χ3n) is 5.00. The van der Waals surface area contributed by atoms with E-state index in [9.17, 15) is 14.7 Å². The fraction of sp³-hybridized carbons (Fsp3) is 0.350. The van der Waals surface area contributed by atoms with Gasteiger partial charge in [0.05, 0.1) is 12.1 Å². The SMILES string of the molecule is CC1=C(C)C(=O)C(CNc2cc(CO)c3ccc(Br)cc3n2)CCC1=O. The summed E-state index contributed by atoms with van der Waals surface area (Å²) in [6.45, 7) is 3.77. The molecule has 0 aliphatic heterocycles. The standard InChI is InChI=1S/C20H21BrN2O3/c1-11-12(2)20(26)13(3-6-18(11)25)9-22-19-7-14(10-24)16-5-4-15(21)8-17(16)23-19/h4-5,7-8,13,24H,3,6,9-10H2,1-2H3,(H,22,23). The predicted octanol–water partition coefficient (Wildman–Crippen LogP) is 3.79. The van der Waals surface area contributed by atoms with Crippen LogP contribution in [0.5, 0.6) is 0 Å². The number of carbonyl (C=O) groups excluding carboxylic acids is 2. The summed E-state index contributed by atoms with van der Waals surface area (Å²) in [5.74, 6) is 0.428. The lowest BCUT2D eigenvalue weighted by atomic mass is 9.95. The maximum Gasteiger partial charge on any atom is 0.163 e. The van der Waals surface area contributed by atoms with E-state index in [0.717, 1.165) is 20.9 Å². The highest BCUT2D eigenvalue weighted by molar-refractivity contribution is 9.10. The predicted molar refractivity (Wildman–Crippen MR) is 105 cm³/mol. The van der Waals surface area contributed by atoms with Gasteiger partial charge < -0.3 is 10.4 Å². The summed E-state index contributed by atoms with van der Waals surface area (Å²) >= 11 is 3.43. The molecule has 1 unspecified atom stereocenters. The molecule has 0 saturated heterocycles. The number of carbonyl (C=O) groups is 2. The maximum absolute atomic E-state index is 12.6. The van der Waals surface area contributed by atoms with Gasteiger partial charge in [-0.15, -0.1) is 0 Å². The van der Waals surface area contributed by atoms with Gasteiger partial charge in [0.2, 0.25) is 0 Å². The van der Waals surface area contributed by atoms with Crippen LogP contribution in [0.3, 0.4) is 0 Å². The van der Waals surface area contributed by atoms with Crippen molar-refractivity contribution in [3.8, 4) is 0 Å². The molecule has 0 amide bonds. The second-order valence-electron chi connectivity index (χ2n) is 6.64. The van der Waals surface area contributed by atoms with Crippen LogP contribution in [0.25, 0.3) is 10.9 Å². The summed E-state index contributed by atoms with van der Waals surface area (Å²) in [6.07, 6.45) is 0.923. The lowest BCUT2D eigenvalue weighted by Crippen LogP contribution is -2.23. The third-order valence-corrected chi connectivity index (χ3v) is 5.49. The number of aromatic nitrogens is 1. The Morgan fingerprint density at radius 3 is 2.73 bits per heavy atom. The number of aliphatic hydroxyl groups is 1. The zero-order valence-corrected chi connectivity index (χ0v) is 16.4. The van der Waals surface area contributed by atoms with E-state index in [4.69, 9.17) is 0 Å². The Morgan fingerprint density at radius 2 is 2.00 bits per heavy atom. The molecule has 1 atom stereocenters. The first-order valence-corrected chi connectivity index (χ1v) is 9.38. The highest BCUT2D eigenvalue weighted by Crippen LogP contribution is 2.26. The minimum absolute atomic E-state index is 0.0202. The van der Waals surface area contributed by atoms with Crippen LogP contribution >= 0.6 is 15.9 Å². The summed E-state index contributed by atoms with van der Waals surface area (Å²) in [4.78, 5) is 29.1. The van der Waals surface area contributed by atoms with Gasteiger partial charge in [-0.3, -0.25) is 9.59 Å². The highest BCUT2D eigenvalue weighted by Gasteiger charge is 2.27. The zero-order chi connectivity index (χ0) is 18.8. The first kappa shape index (κ1) is 18.7. The molecule has 1 heterocycles. The van der Waals surface area contributed by atoms with Crippen LogP contribution in [0, 0.1) is 5.92 Å². The normalized spacial score (nSPS) is 18.4. The molecule has 1 aromatic carbocycles. The smallest absolute Gasteiger partial charge is 0.163 e. The molecule has 136 valence electrons. The number of hydrogen-bond donors (Lipinski definition) is 2. The number of benzene rings is 1. The maximum atomic E-state index is 12.6. The van der Waals surface area contributed by atoms with E-state index < -0.39 is 0 Å². The molecule has 0 radical (unpaired) electrons. The Labute approximate surface area is 160 Å². The molecule has 0 saturated carbocycles. The number of fused-ring (bicyclic) bond motifs is 1. The van der Waals surface area contributed by atoms with Crippen molar-refractivity contribution in [2.75, 3.05) is 11.9 Å². The van der Waals surface area contributed by atoms with Gasteiger partial charge in [-0.2, -0.15) is 0 Å². The molecule has 2 N–H and O–H groups in total. The second kappa shape index (κ2) is 7.68. The van der Waals surface area contributed by atoms with Crippen molar-refractivity contribution in [3.63, 3.8) is 0 Å². The number of pyridine rings is 1. The van der Waals surface area contributed by atoms with Gasteiger partial charge >= 0.3 is 0 Å². The fourth-order valence-corrected chi connectivity index (χ4v) is 3.59. The summed E-state index contributed by atoms with van der Waals surface area (Å²) in [5, 5.41) is 13.8.